The first-order valence-corrected chi connectivity index (χ1v) is 10.1. The van der Waals surface area contributed by atoms with E-state index >= 15 is 0 Å². The summed E-state index contributed by atoms with van der Waals surface area (Å²) in [6.07, 6.45) is 0. The third-order valence-corrected chi connectivity index (χ3v) is 5.64. The number of carbonyl (C=O) groups is 2. The highest BCUT2D eigenvalue weighted by Crippen LogP contribution is 2.44. The van der Waals surface area contributed by atoms with Crippen LogP contribution in [0.15, 0.2) is 78.4 Å². The fourth-order valence-corrected chi connectivity index (χ4v) is 4.01. The number of aliphatic hydroxyl groups excluding tert-OH is 1. The van der Waals surface area contributed by atoms with Crippen LogP contribution in [-0.4, -0.2) is 31.0 Å². The topological polar surface area (TPSA) is 76.1 Å². The molecule has 3 aromatic carbocycles. The molecule has 3 aromatic rings. The van der Waals surface area contributed by atoms with Crippen LogP contribution in [0.5, 0.6) is 11.5 Å². The number of hydrogen-bond acceptors (Lipinski definition) is 5. The number of rotatable bonds is 5. The highest BCUT2D eigenvalue weighted by Gasteiger charge is 2.47. The van der Waals surface area contributed by atoms with Crippen molar-refractivity contribution in [1.29, 1.82) is 0 Å². The van der Waals surface area contributed by atoms with Gasteiger partial charge in [0.2, 0.25) is 0 Å². The molecule has 0 aromatic heterocycles. The molecule has 1 saturated heterocycles. The fraction of sp³-hybridized carbons (Fsp3) is 0.154. The third-order valence-electron chi connectivity index (χ3n) is 5.64. The predicted molar refractivity (Wildman–Crippen MR) is 122 cm³/mol. The molecular formula is C26H23NO5. The van der Waals surface area contributed by atoms with E-state index in [-0.39, 0.29) is 11.3 Å². The summed E-state index contributed by atoms with van der Waals surface area (Å²) in [5, 5.41) is 11.3. The maximum Gasteiger partial charge on any atom is 0.300 e. The van der Waals surface area contributed by atoms with Crippen molar-refractivity contribution in [2.24, 2.45) is 0 Å². The minimum Gasteiger partial charge on any atom is -0.507 e. The van der Waals surface area contributed by atoms with E-state index in [9.17, 15) is 14.7 Å². The van der Waals surface area contributed by atoms with Crippen LogP contribution >= 0.6 is 0 Å². The molecule has 4 rings (SSSR count). The van der Waals surface area contributed by atoms with Gasteiger partial charge in [0, 0.05) is 5.69 Å². The number of ether oxygens (including phenoxy) is 2. The van der Waals surface area contributed by atoms with E-state index in [1.54, 1.807) is 55.6 Å². The smallest absolute Gasteiger partial charge is 0.300 e. The largest absolute Gasteiger partial charge is 0.507 e. The Labute approximate surface area is 186 Å². The molecule has 1 amide bonds. The highest BCUT2D eigenvalue weighted by molar-refractivity contribution is 6.51. The summed E-state index contributed by atoms with van der Waals surface area (Å²) in [4.78, 5) is 27.9. The zero-order chi connectivity index (χ0) is 22.8. The Bertz CT molecular complexity index is 1210. The van der Waals surface area contributed by atoms with E-state index in [0.29, 0.717) is 22.7 Å². The Morgan fingerprint density at radius 1 is 0.875 bits per heavy atom. The number of hydrogen-bond donors (Lipinski definition) is 1. The van der Waals surface area contributed by atoms with Gasteiger partial charge in [0.05, 0.1) is 31.4 Å². The van der Waals surface area contributed by atoms with E-state index in [1.165, 1.54) is 12.0 Å². The summed E-state index contributed by atoms with van der Waals surface area (Å²) < 4.78 is 10.6. The second-order valence-electron chi connectivity index (χ2n) is 7.42. The number of amides is 1. The van der Waals surface area contributed by atoms with Crippen molar-refractivity contribution in [3.63, 3.8) is 0 Å². The van der Waals surface area contributed by atoms with Gasteiger partial charge in [0.25, 0.3) is 11.7 Å². The average molecular weight is 429 g/mol. The summed E-state index contributed by atoms with van der Waals surface area (Å²) in [7, 11) is 3.04. The second-order valence-corrected chi connectivity index (χ2v) is 7.42. The maximum absolute atomic E-state index is 13.2. The van der Waals surface area contributed by atoms with Crippen LogP contribution < -0.4 is 14.4 Å². The van der Waals surface area contributed by atoms with Crippen molar-refractivity contribution in [1.82, 2.24) is 0 Å². The van der Waals surface area contributed by atoms with Gasteiger partial charge in [-0.25, -0.2) is 0 Å². The summed E-state index contributed by atoms with van der Waals surface area (Å²) >= 11 is 0. The molecule has 6 heteroatoms. The molecule has 1 atom stereocenters. The molecular weight excluding hydrogens is 406 g/mol. The number of aliphatic hydroxyl groups is 1. The zero-order valence-electron chi connectivity index (χ0n) is 18.0. The van der Waals surface area contributed by atoms with Gasteiger partial charge in [-0.3, -0.25) is 14.5 Å². The molecule has 1 heterocycles. The Hall–Kier alpha value is -4.06. The Balaban J connectivity index is 1.97. The molecule has 6 nitrogen and oxygen atoms in total. The van der Waals surface area contributed by atoms with Crippen LogP contribution in [0.3, 0.4) is 0 Å². The number of Topliss-reactive ketones (excluding diaryl/α,β-unsaturated/α-hetero) is 1. The number of methoxy groups -OCH3 is 2. The maximum atomic E-state index is 13.2. The molecule has 1 aliphatic rings. The third kappa shape index (κ3) is 3.50. The summed E-state index contributed by atoms with van der Waals surface area (Å²) in [5.74, 6) is -0.696. The van der Waals surface area contributed by atoms with Crippen LogP contribution in [0.2, 0.25) is 0 Å². The minimum absolute atomic E-state index is 0.0182. The van der Waals surface area contributed by atoms with Gasteiger partial charge in [-0.2, -0.15) is 0 Å². The minimum atomic E-state index is -0.797. The quantitative estimate of drug-likeness (QED) is 0.363. The first-order valence-electron chi connectivity index (χ1n) is 10.1. The highest BCUT2D eigenvalue weighted by atomic mass is 16.5. The second kappa shape index (κ2) is 8.59. The van der Waals surface area contributed by atoms with Crippen LogP contribution in [0.25, 0.3) is 5.76 Å². The standard InChI is InChI=1S/C26H23NO5/c1-16-8-4-5-9-19(16)23-22(24(28)20-10-6-7-11-21(20)32-3)25(29)26(30)27(23)17-12-14-18(31-2)15-13-17/h4-15,23,28H,1-3H3/b24-22+. The van der Waals surface area contributed by atoms with E-state index in [2.05, 4.69) is 0 Å². The zero-order valence-corrected chi connectivity index (χ0v) is 18.0. The fourth-order valence-electron chi connectivity index (χ4n) is 4.01. The monoisotopic (exact) mass is 429 g/mol. The normalized spacial score (nSPS) is 17.5. The number of aryl methyl sites for hydroxylation is 1. The molecule has 1 fully saturated rings. The summed E-state index contributed by atoms with van der Waals surface area (Å²) in [6, 6.07) is 20.5. The molecule has 0 spiro atoms. The molecule has 32 heavy (non-hydrogen) atoms. The van der Waals surface area contributed by atoms with Crippen molar-refractivity contribution in [3.05, 3.63) is 95.1 Å². The van der Waals surface area contributed by atoms with Gasteiger partial charge >= 0.3 is 0 Å². The Kier molecular flexibility index (Phi) is 5.69. The number of ketones is 1. The molecule has 162 valence electrons. The van der Waals surface area contributed by atoms with E-state index < -0.39 is 17.7 Å². The number of carbonyl (C=O) groups excluding carboxylic acids is 2. The summed E-state index contributed by atoms with van der Waals surface area (Å²) in [6.45, 7) is 1.91. The lowest BCUT2D eigenvalue weighted by Crippen LogP contribution is -2.29. The van der Waals surface area contributed by atoms with Crippen molar-refractivity contribution in [2.45, 2.75) is 13.0 Å². The van der Waals surface area contributed by atoms with Gasteiger partial charge in [-0.05, 0) is 54.4 Å². The lowest BCUT2D eigenvalue weighted by molar-refractivity contribution is -0.132. The number of benzene rings is 3. The lowest BCUT2D eigenvalue weighted by Gasteiger charge is -2.26. The summed E-state index contributed by atoms with van der Waals surface area (Å²) in [5.41, 5.74) is 2.54. The lowest BCUT2D eigenvalue weighted by atomic mass is 9.92. The van der Waals surface area contributed by atoms with Crippen LogP contribution in [-0.2, 0) is 9.59 Å². The molecule has 1 N–H and O–H groups in total. The van der Waals surface area contributed by atoms with Gasteiger partial charge in [0.1, 0.15) is 17.3 Å². The Morgan fingerprint density at radius 2 is 1.53 bits per heavy atom. The van der Waals surface area contributed by atoms with Crippen molar-refractivity contribution in [2.75, 3.05) is 19.1 Å². The van der Waals surface area contributed by atoms with E-state index in [0.717, 1.165) is 11.1 Å². The number of anilines is 1. The molecule has 1 unspecified atom stereocenters. The van der Waals surface area contributed by atoms with Crippen molar-refractivity contribution >= 4 is 23.1 Å². The molecule has 0 saturated carbocycles. The molecule has 1 aliphatic heterocycles. The predicted octanol–water partition coefficient (Wildman–Crippen LogP) is 4.64. The van der Waals surface area contributed by atoms with Gasteiger partial charge in [-0.15, -0.1) is 0 Å². The van der Waals surface area contributed by atoms with Crippen molar-refractivity contribution in [3.8, 4) is 11.5 Å². The first-order chi connectivity index (χ1) is 15.5. The molecule has 0 aliphatic carbocycles. The van der Waals surface area contributed by atoms with Gasteiger partial charge < -0.3 is 14.6 Å². The van der Waals surface area contributed by atoms with Crippen LogP contribution in [0.1, 0.15) is 22.7 Å². The Morgan fingerprint density at radius 3 is 2.19 bits per heavy atom. The number of nitrogens with zero attached hydrogens (tertiary/aromatic N) is 1. The molecule has 0 bridgehead atoms. The van der Waals surface area contributed by atoms with E-state index in [4.69, 9.17) is 9.47 Å². The van der Waals surface area contributed by atoms with Gasteiger partial charge in [-0.1, -0.05) is 36.4 Å². The molecule has 0 radical (unpaired) electrons. The van der Waals surface area contributed by atoms with Crippen LogP contribution in [0, 0.1) is 6.92 Å². The van der Waals surface area contributed by atoms with Gasteiger partial charge in [0.15, 0.2) is 0 Å². The van der Waals surface area contributed by atoms with Crippen LogP contribution in [0.4, 0.5) is 5.69 Å². The number of para-hydroxylation sites is 1. The van der Waals surface area contributed by atoms with Crippen molar-refractivity contribution < 1.29 is 24.2 Å². The average Bonchev–Trinajstić information content (AvgIpc) is 3.09. The first kappa shape index (κ1) is 21.2. The van der Waals surface area contributed by atoms with E-state index in [1.807, 2.05) is 31.2 Å². The SMILES string of the molecule is COc1ccc(N2C(=O)C(=O)/C(=C(/O)c3ccccc3OC)C2c2ccccc2C)cc1.